The number of benzene rings is 2. The number of carbonyl (C=O) groups is 1. The Hall–Kier alpha value is -3.43. The van der Waals surface area contributed by atoms with Crippen LogP contribution in [0.25, 0.3) is 0 Å². The first-order valence-electron chi connectivity index (χ1n) is 9.39. The van der Waals surface area contributed by atoms with Gasteiger partial charge in [-0.25, -0.2) is 8.42 Å². The second-order valence-electron chi connectivity index (χ2n) is 6.59. The molecule has 0 radical (unpaired) electrons. The summed E-state index contributed by atoms with van der Waals surface area (Å²) in [5.41, 5.74) is 1.22. The lowest BCUT2D eigenvalue weighted by atomic mass is 10.2. The van der Waals surface area contributed by atoms with Crippen LogP contribution < -0.4 is 14.8 Å². The lowest BCUT2D eigenvalue weighted by Crippen LogP contribution is -2.37. The summed E-state index contributed by atoms with van der Waals surface area (Å²) in [6.07, 6.45) is 2.75. The van der Waals surface area contributed by atoms with Crippen LogP contribution >= 0.6 is 0 Å². The molecule has 3 rings (SSSR count). The molecule has 0 aliphatic rings. The summed E-state index contributed by atoms with van der Waals surface area (Å²) in [7, 11) is -0.883. The van der Waals surface area contributed by atoms with Crippen molar-refractivity contribution >= 4 is 21.6 Å². The van der Waals surface area contributed by atoms with Gasteiger partial charge in [0, 0.05) is 30.7 Å². The fraction of sp³-hybridized carbons (Fsp3) is 0.182. The van der Waals surface area contributed by atoms with E-state index in [1.807, 2.05) is 0 Å². The second-order valence-corrected chi connectivity index (χ2v) is 8.53. The van der Waals surface area contributed by atoms with E-state index in [-0.39, 0.29) is 18.0 Å². The van der Waals surface area contributed by atoms with E-state index in [4.69, 9.17) is 9.47 Å². The molecule has 0 spiro atoms. The molecule has 0 saturated heterocycles. The number of carbonyl (C=O) groups excluding carboxylic acids is 1. The molecule has 0 aliphatic carbocycles. The van der Waals surface area contributed by atoms with Gasteiger partial charge in [0.25, 0.3) is 0 Å². The molecule has 1 aromatic heterocycles. The number of methoxy groups -OCH3 is 2. The highest BCUT2D eigenvalue weighted by Crippen LogP contribution is 2.20. The molecule has 2 aromatic carbocycles. The summed E-state index contributed by atoms with van der Waals surface area (Å²) in [6.45, 7) is -0.368. The zero-order valence-electron chi connectivity index (χ0n) is 17.2. The van der Waals surface area contributed by atoms with Gasteiger partial charge in [-0.05, 0) is 42.0 Å². The molecule has 1 amide bonds. The quantitative estimate of drug-likeness (QED) is 0.548. The van der Waals surface area contributed by atoms with Gasteiger partial charge in [0.15, 0.2) is 0 Å². The number of ether oxygens (including phenoxy) is 2. The summed E-state index contributed by atoms with van der Waals surface area (Å²) >= 11 is 0. The van der Waals surface area contributed by atoms with Gasteiger partial charge in [0.2, 0.25) is 15.9 Å². The Balaban J connectivity index is 1.84. The van der Waals surface area contributed by atoms with Crippen molar-refractivity contribution < 1.29 is 22.7 Å². The second kappa shape index (κ2) is 10.1. The average Bonchev–Trinajstić information content (AvgIpc) is 2.79. The Labute approximate surface area is 181 Å². The third kappa shape index (κ3) is 5.80. The van der Waals surface area contributed by atoms with Crippen LogP contribution in [0.3, 0.4) is 0 Å². The van der Waals surface area contributed by atoms with Crippen molar-refractivity contribution in [3.63, 3.8) is 0 Å². The maximum absolute atomic E-state index is 13.2. The third-order valence-corrected chi connectivity index (χ3v) is 6.24. The van der Waals surface area contributed by atoms with Crippen LogP contribution in [0.5, 0.6) is 11.5 Å². The fourth-order valence-electron chi connectivity index (χ4n) is 2.87. The van der Waals surface area contributed by atoms with Crippen LogP contribution in [0.4, 0.5) is 5.69 Å². The van der Waals surface area contributed by atoms with Crippen molar-refractivity contribution in [2.24, 2.45) is 0 Å². The van der Waals surface area contributed by atoms with Crippen LogP contribution in [0.15, 0.2) is 78.0 Å². The van der Waals surface area contributed by atoms with E-state index >= 15 is 0 Å². The standard InChI is InChI=1S/C22H23N3O5S/c1-29-19-10-8-17(9-11-19)15-25(31(27,28)21-7-4-12-23-14-21)16-22(26)24-18-5-3-6-20(13-18)30-2/h3-14H,15-16H2,1-2H3,(H,24,26). The van der Waals surface area contributed by atoms with E-state index in [0.29, 0.717) is 22.7 Å². The van der Waals surface area contributed by atoms with E-state index in [1.165, 1.54) is 31.6 Å². The molecule has 0 fully saturated rings. The highest BCUT2D eigenvalue weighted by atomic mass is 32.2. The largest absolute Gasteiger partial charge is 0.497 e. The number of pyridine rings is 1. The molecular weight excluding hydrogens is 418 g/mol. The molecular formula is C22H23N3O5S. The van der Waals surface area contributed by atoms with Gasteiger partial charge in [-0.15, -0.1) is 0 Å². The van der Waals surface area contributed by atoms with Crippen molar-refractivity contribution in [3.05, 3.63) is 78.6 Å². The average molecular weight is 442 g/mol. The molecule has 3 aromatic rings. The lowest BCUT2D eigenvalue weighted by Gasteiger charge is -2.22. The summed E-state index contributed by atoms with van der Waals surface area (Å²) < 4.78 is 37.8. The predicted molar refractivity (Wildman–Crippen MR) is 116 cm³/mol. The Morgan fingerprint density at radius 3 is 2.39 bits per heavy atom. The predicted octanol–water partition coefficient (Wildman–Crippen LogP) is 2.93. The first kappa shape index (κ1) is 22.3. The molecule has 8 nitrogen and oxygen atoms in total. The van der Waals surface area contributed by atoms with Crippen molar-refractivity contribution in [1.29, 1.82) is 0 Å². The van der Waals surface area contributed by atoms with Crippen LogP contribution in [0.1, 0.15) is 5.56 Å². The Bertz CT molecular complexity index is 1120. The van der Waals surface area contributed by atoms with Gasteiger partial charge in [0.05, 0.1) is 20.8 Å². The van der Waals surface area contributed by atoms with Crippen LogP contribution in [0.2, 0.25) is 0 Å². The van der Waals surface area contributed by atoms with Gasteiger partial charge in [-0.3, -0.25) is 9.78 Å². The number of sulfonamides is 1. The summed E-state index contributed by atoms with van der Waals surface area (Å²) in [5.74, 6) is 0.756. The zero-order valence-corrected chi connectivity index (χ0v) is 18.0. The van der Waals surface area contributed by atoms with E-state index in [1.54, 1.807) is 55.6 Å². The van der Waals surface area contributed by atoms with E-state index in [0.717, 1.165) is 4.31 Å². The topological polar surface area (TPSA) is 97.8 Å². The Morgan fingerprint density at radius 1 is 1.00 bits per heavy atom. The zero-order chi connectivity index (χ0) is 22.3. The number of amides is 1. The number of nitrogens with zero attached hydrogens (tertiary/aromatic N) is 2. The molecule has 0 atom stereocenters. The van der Waals surface area contributed by atoms with Crippen LogP contribution in [-0.2, 0) is 21.4 Å². The first-order valence-corrected chi connectivity index (χ1v) is 10.8. The normalized spacial score (nSPS) is 11.2. The fourth-order valence-corrected chi connectivity index (χ4v) is 4.22. The van der Waals surface area contributed by atoms with Crippen molar-refractivity contribution in [2.45, 2.75) is 11.4 Å². The van der Waals surface area contributed by atoms with E-state index in [9.17, 15) is 13.2 Å². The molecule has 0 bridgehead atoms. The number of hydrogen-bond acceptors (Lipinski definition) is 6. The van der Waals surface area contributed by atoms with Crippen molar-refractivity contribution in [3.8, 4) is 11.5 Å². The number of hydrogen-bond donors (Lipinski definition) is 1. The molecule has 162 valence electrons. The Kier molecular flexibility index (Phi) is 7.22. The number of anilines is 1. The molecule has 0 aliphatic heterocycles. The number of aromatic nitrogens is 1. The summed E-state index contributed by atoms with van der Waals surface area (Å²) in [4.78, 5) is 16.6. The number of rotatable bonds is 9. The molecule has 31 heavy (non-hydrogen) atoms. The maximum atomic E-state index is 13.2. The molecule has 1 heterocycles. The SMILES string of the molecule is COc1ccc(CN(CC(=O)Nc2cccc(OC)c2)S(=O)(=O)c2cccnc2)cc1. The summed E-state index contributed by atoms with van der Waals surface area (Å²) in [6, 6.07) is 16.8. The first-order chi connectivity index (χ1) is 14.9. The highest BCUT2D eigenvalue weighted by molar-refractivity contribution is 7.89. The van der Waals surface area contributed by atoms with Gasteiger partial charge >= 0.3 is 0 Å². The minimum absolute atomic E-state index is 0.00670. The Morgan fingerprint density at radius 2 is 1.74 bits per heavy atom. The van der Waals surface area contributed by atoms with Gasteiger partial charge in [-0.2, -0.15) is 4.31 Å². The monoisotopic (exact) mass is 441 g/mol. The molecule has 0 saturated carbocycles. The lowest BCUT2D eigenvalue weighted by molar-refractivity contribution is -0.116. The minimum atomic E-state index is -3.96. The van der Waals surface area contributed by atoms with Crippen LogP contribution in [-0.4, -0.2) is 44.4 Å². The van der Waals surface area contributed by atoms with Crippen molar-refractivity contribution in [2.75, 3.05) is 26.1 Å². The smallest absolute Gasteiger partial charge is 0.245 e. The third-order valence-electron chi connectivity index (χ3n) is 4.46. The van der Waals surface area contributed by atoms with Gasteiger partial charge in [-0.1, -0.05) is 18.2 Å². The van der Waals surface area contributed by atoms with Gasteiger partial charge < -0.3 is 14.8 Å². The molecule has 9 heteroatoms. The number of nitrogens with one attached hydrogen (secondary N) is 1. The maximum Gasteiger partial charge on any atom is 0.245 e. The minimum Gasteiger partial charge on any atom is -0.497 e. The van der Waals surface area contributed by atoms with Crippen LogP contribution in [0, 0.1) is 0 Å². The van der Waals surface area contributed by atoms with E-state index in [2.05, 4.69) is 10.3 Å². The van der Waals surface area contributed by atoms with E-state index < -0.39 is 15.9 Å². The highest BCUT2D eigenvalue weighted by Gasteiger charge is 2.27. The summed E-state index contributed by atoms with van der Waals surface area (Å²) in [5, 5.41) is 2.71. The van der Waals surface area contributed by atoms with Crippen molar-refractivity contribution in [1.82, 2.24) is 9.29 Å². The molecule has 1 N–H and O–H groups in total. The molecule has 0 unspecified atom stereocenters. The van der Waals surface area contributed by atoms with Gasteiger partial charge in [0.1, 0.15) is 16.4 Å².